The first-order valence-corrected chi connectivity index (χ1v) is 7.35. The summed E-state index contributed by atoms with van der Waals surface area (Å²) >= 11 is 0. The molecule has 1 fully saturated rings. The molecule has 7 nitrogen and oxygen atoms in total. The van der Waals surface area contributed by atoms with Crippen molar-refractivity contribution < 1.29 is 37.4 Å². The zero-order valence-corrected chi connectivity index (χ0v) is 13.6. The van der Waals surface area contributed by atoms with Gasteiger partial charge in [0.05, 0.1) is 6.10 Å². The van der Waals surface area contributed by atoms with Crippen molar-refractivity contribution in [1.29, 1.82) is 0 Å². The third-order valence-electron chi connectivity index (χ3n) is 4.29. The number of carbonyl (C=O) groups excluding carboxylic acids is 2. The molecule has 0 aromatic rings. The van der Waals surface area contributed by atoms with E-state index in [1.165, 1.54) is 0 Å². The molecule has 3 N–H and O–H groups in total. The van der Waals surface area contributed by atoms with Gasteiger partial charge < -0.3 is 20.5 Å². The van der Waals surface area contributed by atoms with Crippen LogP contribution in [0, 0.1) is 5.41 Å². The number of hydrogen-bond donors (Lipinski definition) is 3. The Morgan fingerprint density at radius 2 is 1.83 bits per heavy atom. The fourth-order valence-corrected chi connectivity index (χ4v) is 2.73. The molecule has 1 rings (SSSR count). The number of carbonyl (C=O) groups is 3. The van der Waals surface area contributed by atoms with E-state index in [9.17, 15) is 32.7 Å². The lowest BCUT2D eigenvalue weighted by atomic mass is 9.54. The Kier molecular flexibility index (Phi) is 5.86. The normalized spacial score (nSPS) is 25.5. The van der Waals surface area contributed by atoms with E-state index in [1.807, 2.05) is 0 Å². The number of rotatable bonds is 7. The van der Waals surface area contributed by atoms with Gasteiger partial charge in [0, 0.05) is 18.4 Å². The van der Waals surface area contributed by atoms with Crippen molar-refractivity contribution >= 4 is 17.8 Å². The third-order valence-corrected chi connectivity index (χ3v) is 4.29. The highest BCUT2D eigenvalue weighted by Crippen LogP contribution is 2.51. The van der Waals surface area contributed by atoms with E-state index in [1.54, 1.807) is 26.1 Å². The maximum absolute atomic E-state index is 12.0. The van der Waals surface area contributed by atoms with Crippen LogP contribution in [0.25, 0.3) is 0 Å². The summed E-state index contributed by atoms with van der Waals surface area (Å²) in [6, 6.07) is 0. The second kappa shape index (κ2) is 6.96. The van der Waals surface area contributed by atoms with Crippen LogP contribution in [0.1, 0.15) is 33.6 Å². The molecule has 0 aromatic carbocycles. The lowest BCUT2D eigenvalue weighted by molar-refractivity contribution is -0.194. The first kappa shape index (κ1) is 20.2. The molecule has 0 aliphatic heterocycles. The van der Waals surface area contributed by atoms with Gasteiger partial charge in [0.2, 0.25) is 11.8 Å². The van der Waals surface area contributed by atoms with Crippen molar-refractivity contribution in [3.8, 4) is 0 Å². The van der Waals surface area contributed by atoms with E-state index >= 15 is 0 Å². The topological polar surface area (TPSA) is 105 Å². The zero-order valence-electron chi connectivity index (χ0n) is 13.6. The fraction of sp³-hybridized carbons (Fsp3) is 0.786. The van der Waals surface area contributed by atoms with Crippen LogP contribution in [0.3, 0.4) is 0 Å². The Morgan fingerprint density at radius 3 is 2.25 bits per heavy atom. The first-order valence-electron chi connectivity index (χ1n) is 7.35. The van der Waals surface area contributed by atoms with E-state index in [-0.39, 0.29) is 6.42 Å². The Morgan fingerprint density at radius 1 is 1.25 bits per heavy atom. The highest BCUT2D eigenvalue weighted by Gasteiger charge is 2.66. The van der Waals surface area contributed by atoms with Crippen LogP contribution in [0.4, 0.5) is 13.2 Å². The van der Waals surface area contributed by atoms with Crippen LogP contribution in [-0.2, 0) is 19.1 Å². The molecular weight excluding hydrogens is 333 g/mol. The summed E-state index contributed by atoms with van der Waals surface area (Å²) < 4.78 is 41.4. The summed E-state index contributed by atoms with van der Waals surface area (Å²) in [7, 11) is 0. The van der Waals surface area contributed by atoms with Crippen molar-refractivity contribution in [1.82, 2.24) is 10.6 Å². The van der Waals surface area contributed by atoms with Crippen molar-refractivity contribution in [2.75, 3.05) is 13.2 Å². The smallest absolute Gasteiger partial charge is 0.405 e. The van der Waals surface area contributed by atoms with E-state index in [4.69, 9.17) is 4.74 Å². The minimum absolute atomic E-state index is 0.0130. The van der Waals surface area contributed by atoms with Crippen molar-refractivity contribution in [3.63, 3.8) is 0 Å². The fourth-order valence-electron chi connectivity index (χ4n) is 2.73. The van der Waals surface area contributed by atoms with Crippen LogP contribution in [-0.4, -0.2) is 53.9 Å². The second-order valence-corrected chi connectivity index (χ2v) is 6.20. The molecule has 2 amide bonds. The number of aliphatic carboxylic acids is 1. The summed E-state index contributed by atoms with van der Waals surface area (Å²) in [5.74, 6) is -3.38. The molecular formula is C14H21F3N2O5. The summed E-state index contributed by atoms with van der Waals surface area (Å²) in [5, 5.41) is 13.3. The number of nitrogens with one attached hydrogen (secondary N) is 2. The van der Waals surface area contributed by atoms with Gasteiger partial charge in [0.1, 0.15) is 18.5 Å². The number of carboxylic acid groups (broad SMARTS) is 1. The summed E-state index contributed by atoms with van der Waals surface area (Å²) in [5.41, 5.74) is -2.57. The largest absolute Gasteiger partial charge is 0.479 e. The van der Waals surface area contributed by atoms with Gasteiger partial charge in [-0.3, -0.25) is 9.59 Å². The average molecular weight is 354 g/mol. The number of amides is 2. The first-order chi connectivity index (χ1) is 10.9. The quantitative estimate of drug-likeness (QED) is 0.588. The Bertz CT molecular complexity index is 521. The maximum Gasteiger partial charge on any atom is 0.405 e. The van der Waals surface area contributed by atoms with Gasteiger partial charge >= 0.3 is 12.1 Å². The van der Waals surface area contributed by atoms with Gasteiger partial charge in [-0.05, 0) is 6.92 Å². The van der Waals surface area contributed by atoms with Crippen LogP contribution in [0.5, 0.6) is 0 Å². The molecule has 1 aliphatic carbocycles. The van der Waals surface area contributed by atoms with Gasteiger partial charge in [0.25, 0.3) is 0 Å². The van der Waals surface area contributed by atoms with Gasteiger partial charge in [-0.1, -0.05) is 13.8 Å². The number of ether oxygens (including phenoxy) is 1. The van der Waals surface area contributed by atoms with Crippen molar-refractivity contribution in [3.05, 3.63) is 0 Å². The van der Waals surface area contributed by atoms with Gasteiger partial charge in [-0.25, -0.2) is 4.79 Å². The number of halogens is 3. The van der Waals surface area contributed by atoms with E-state index in [0.717, 1.165) is 0 Å². The monoisotopic (exact) mass is 354 g/mol. The minimum atomic E-state index is -4.59. The summed E-state index contributed by atoms with van der Waals surface area (Å²) in [6.45, 7) is 3.78. The lowest BCUT2D eigenvalue weighted by Crippen LogP contribution is -2.76. The summed E-state index contributed by atoms with van der Waals surface area (Å²) in [6.07, 6.45) is -5.85. The molecule has 0 heterocycles. The molecule has 0 spiro atoms. The SMILES string of the molecule is CCOC1CC(NC(=O)CC(=O)NCC(F)(F)F)(C(=O)O)C1(C)C. The van der Waals surface area contributed by atoms with E-state index in [0.29, 0.717) is 6.61 Å². The van der Waals surface area contributed by atoms with Crippen LogP contribution < -0.4 is 10.6 Å². The lowest BCUT2D eigenvalue weighted by Gasteiger charge is -2.58. The zero-order chi connectivity index (χ0) is 18.8. The van der Waals surface area contributed by atoms with Gasteiger partial charge in [-0.15, -0.1) is 0 Å². The molecule has 1 saturated carbocycles. The maximum atomic E-state index is 12.0. The third kappa shape index (κ3) is 4.16. The van der Waals surface area contributed by atoms with Crippen LogP contribution >= 0.6 is 0 Å². The number of carboxylic acids is 1. The standard InChI is InChI=1S/C14H21F3N2O5/c1-4-24-8-6-13(11(22)23,12(8,2)3)19-10(21)5-9(20)18-7-14(15,16)17/h8H,4-7H2,1-3H3,(H,18,20)(H,19,21)(H,22,23). The Balaban J connectivity index is 2.69. The highest BCUT2D eigenvalue weighted by atomic mass is 19.4. The molecule has 10 heteroatoms. The van der Waals surface area contributed by atoms with Crippen LogP contribution in [0.2, 0.25) is 0 Å². The van der Waals surface area contributed by atoms with E-state index < -0.39 is 54.0 Å². The second-order valence-electron chi connectivity index (χ2n) is 6.20. The summed E-state index contributed by atoms with van der Waals surface area (Å²) in [4.78, 5) is 34.9. The molecule has 0 bridgehead atoms. The van der Waals surface area contributed by atoms with Crippen molar-refractivity contribution in [2.45, 2.75) is 51.4 Å². The number of hydrogen-bond acceptors (Lipinski definition) is 4. The molecule has 0 saturated heterocycles. The molecule has 0 radical (unpaired) electrons. The molecule has 24 heavy (non-hydrogen) atoms. The minimum Gasteiger partial charge on any atom is -0.479 e. The molecule has 0 aromatic heterocycles. The molecule has 2 atom stereocenters. The average Bonchev–Trinajstić information content (AvgIpc) is 2.42. The van der Waals surface area contributed by atoms with Crippen LogP contribution in [0.15, 0.2) is 0 Å². The Hall–Kier alpha value is -1.84. The predicted octanol–water partition coefficient (Wildman–Crippen LogP) is 0.830. The van der Waals surface area contributed by atoms with E-state index in [2.05, 4.69) is 5.32 Å². The number of alkyl halides is 3. The Labute approximate surface area is 136 Å². The van der Waals surface area contributed by atoms with Gasteiger partial charge in [-0.2, -0.15) is 13.2 Å². The highest BCUT2D eigenvalue weighted by molar-refractivity contribution is 5.99. The molecule has 2 unspecified atom stereocenters. The van der Waals surface area contributed by atoms with Crippen molar-refractivity contribution in [2.24, 2.45) is 5.41 Å². The van der Waals surface area contributed by atoms with Gasteiger partial charge in [0.15, 0.2) is 0 Å². The molecule has 138 valence electrons. The predicted molar refractivity (Wildman–Crippen MR) is 76.0 cm³/mol. The molecule has 1 aliphatic rings.